The van der Waals surface area contributed by atoms with Crippen molar-refractivity contribution < 1.29 is 18.0 Å². The van der Waals surface area contributed by atoms with Gasteiger partial charge in [0.1, 0.15) is 12.0 Å². The van der Waals surface area contributed by atoms with Crippen molar-refractivity contribution >= 4 is 5.91 Å². The van der Waals surface area contributed by atoms with E-state index in [9.17, 15) is 13.6 Å². The number of nitrogens with two attached hydrogens (primary N) is 1. The molecule has 0 aliphatic carbocycles. The van der Waals surface area contributed by atoms with Crippen molar-refractivity contribution in [2.45, 2.75) is 25.2 Å². The number of nitrogens with zero attached hydrogens (tertiary/aromatic N) is 2. The summed E-state index contributed by atoms with van der Waals surface area (Å²) in [5.41, 5.74) is 5.58. The molecule has 3 rings (SSSR count). The van der Waals surface area contributed by atoms with Crippen LogP contribution in [0.2, 0.25) is 0 Å². The first-order valence-corrected chi connectivity index (χ1v) is 6.91. The van der Waals surface area contributed by atoms with Gasteiger partial charge < -0.3 is 10.2 Å². The van der Waals surface area contributed by atoms with Crippen molar-refractivity contribution in [1.82, 2.24) is 9.88 Å². The van der Waals surface area contributed by atoms with Crippen LogP contribution < -0.4 is 5.73 Å². The smallest absolute Gasteiger partial charge is 0.234 e. The second-order valence-electron chi connectivity index (χ2n) is 5.28. The maximum absolute atomic E-state index is 13.7. The van der Waals surface area contributed by atoms with Gasteiger partial charge in [0, 0.05) is 13.0 Å². The van der Waals surface area contributed by atoms with E-state index in [1.807, 2.05) is 0 Å². The number of rotatable bonds is 4. The van der Waals surface area contributed by atoms with E-state index in [0.29, 0.717) is 17.2 Å². The fourth-order valence-corrected chi connectivity index (χ4v) is 2.66. The summed E-state index contributed by atoms with van der Waals surface area (Å²) in [4.78, 5) is 17.0. The summed E-state index contributed by atoms with van der Waals surface area (Å²) in [5, 5.41) is 0. The van der Waals surface area contributed by atoms with Crippen molar-refractivity contribution in [2.75, 3.05) is 6.54 Å². The minimum absolute atomic E-state index is 0.0796. The quantitative estimate of drug-likeness (QED) is 0.936. The molecule has 1 aliphatic heterocycles. The Kier molecular flexibility index (Phi) is 3.89. The van der Waals surface area contributed by atoms with Crippen LogP contribution in [0.3, 0.4) is 0 Å². The SMILES string of the molecule is NC(=O)[C@@H]1C[C@@H](F)CN1Cc1ncc(-c2ccccc2F)o1. The minimum atomic E-state index is -1.10. The highest BCUT2D eigenvalue weighted by atomic mass is 19.1. The molecule has 1 aromatic carbocycles. The average Bonchev–Trinajstić information content (AvgIpc) is 3.07. The van der Waals surface area contributed by atoms with E-state index in [-0.39, 0.29) is 19.5 Å². The number of alkyl halides is 1. The lowest BCUT2D eigenvalue weighted by molar-refractivity contribution is -0.122. The molecule has 0 radical (unpaired) electrons. The fourth-order valence-electron chi connectivity index (χ4n) is 2.66. The summed E-state index contributed by atoms with van der Waals surface area (Å²) in [5.74, 6) is -0.399. The van der Waals surface area contributed by atoms with E-state index in [0.717, 1.165) is 0 Å². The molecule has 7 heteroatoms. The number of primary amides is 1. The molecule has 1 amide bonds. The van der Waals surface area contributed by atoms with Gasteiger partial charge in [0.05, 0.1) is 24.3 Å². The molecule has 116 valence electrons. The number of hydrogen-bond acceptors (Lipinski definition) is 4. The molecule has 0 bridgehead atoms. The Bertz CT molecular complexity index is 689. The largest absolute Gasteiger partial charge is 0.439 e. The average molecular weight is 307 g/mol. The van der Waals surface area contributed by atoms with Crippen LogP contribution in [-0.2, 0) is 11.3 Å². The van der Waals surface area contributed by atoms with Gasteiger partial charge in [-0.1, -0.05) is 12.1 Å². The van der Waals surface area contributed by atoms with Crippen molar-refractivity contribution in [2.24, 2.45) is 5.73 Å². The van der Waals surface area contributed by atoms with E-state index in [1.165, 1.54) is 12.3 Å². The molecule has 1 saturated heterocycles. The van der Waals surface area contributed by atoms with Crippen molar-refractivity contribution in [3.63, 3.8) is 0 Å². The third-order valence-electron chi connectivity index (χ3n) is 3.71. The van der Waals surface area contributed by atoms with Gasteiger partial charge in [0.25, 0.3) is 0 Å². The predicted octanol–water partition coefficient (Wildman–Crippen LogP) is 1.88. The third-order valence-corrected chi connectivity index (χ3v) is 3.71. The van der Waals surface area contributed by atoms with E-state index in [4.69, 9.17) is 10.2 Å². The Hall–Kier alpha value is -2.28. The number of benzene rings is 1. The zero-order chi connectivity index (χ0) is 15.7. The van der Waals surface area contributed by atoms with Gasteiger partial charge in [-0.15, -0.1) is 0 Å². The Morgan fingerprint density at radius 1 is 1.45 bits per heavy atom. The van der Waals surface area contributed by atoms with Crippen molar-refractivity contribution in [3.05, 3.63) is 42.2 Å². The summed E-state index contributed by atoms with van der Waals surface area (Å²) < 4.78 is 32.7. The van der Waals surface area contributed by atoms with Gasteiger partial charge in [-0.2, -0.15) is 0 Å². The zero-order valence-corrected chi connectivity index (χ0v) is 11.7. The van der Waals surface area contributed by atoms with E-state index in [2.05, 4.69) is 4.98 Å². The molecule has 2 atom stereocenters. The number of aromatic nitrogens is 1. The molecule has 0 saturated carbocycles. The Labute approximate surface area is 125 Å². The fraction of sp³-hybridized carbons (Fsp3) is 0.333. The summed E-state index contributed by atoms with van der Waals surface area (Å²) >= 11 is 0. The predicted molar refractivity (Wildman–Crippen MR) is 74.8 cm³/mol. The van der Waals surface area contributed by atoms with Crippen LogP contribution in [0.4, 0.5) is 8.78 Å². The zero-order valence-electron chi connectivity index (χ0n) is 11.7. The third kappa shape index (κ3) is 2.85. The molecule has 2 N–H and O–H groups in total. The van der Waals surface area contributed by atoms with Crippen molar-refractivity contribution in [1.29, 1.82) is 0 Å². The lowest BCUT2D eigenvalue weighted by Crippen LogP contribution is -2.39. The summed E-state index contributed by atoms with van der Waals surface area (Å²) in [6, 6.07) is 5.52. The molecule has 1 fully saturated rings. The molecule has 2 aromatic rings. The second kappa shape index (κ2) is 5.84. The van der Waals surface area contributed by atoms with E-state index >= 15 is 0 Å². The first kappa shape index (κ1) is 14.6. The van der Waals surface area contributed by atoms with Crippen LogP contribution in [0.1, 0.15) is 12.3 Å². The monoisotopic (exact) mass is 307 g/mol. The van der Waals surface area contributed by atoms with E-state index < -0.39 is 23.9 Å². The molecule has 5 nitrogen and oxygen atoms in total. The standard InChI is InChI=1S/C15H15F2N3O2/c16-9-5-12(15(18)21)20(7-9)8-14-19-6-13(22-14)10-3-1-2-4-11(10)17/h1-4,6,9,12H,5,7-8H2,(H2,18,21)/t9-,12+/m1/s1. The van der Waals surface area contributed by atoms with Gasteiger partial charge in [0.15, 0.2) is 5.76 Å². The number of likely N-dealkylation sites (tertiary alicyclic amines) is 1. The molecule has 1 aromatic heterocycles. The van der Waals surface area contributed by atoms with Gasteiger partial charge in [-0.25, -0.2) is 13.8 Å². The van der Waals surface area contributed by atoms with Crippen LogP contribution >= 0.6 is 0 Å². The van der Waals surface area contributed by atoms with Crippen LogP contribution in [-0.4, -0.2) is 34.5 Å². The highest BCUT2D eigenvalue weighted by Crippen LogP contribution is 2.26. The van der Waals surface area contributed by atoms with Gasteiger partial charge in [-0.3, -0.25) is 9.69 Å². The maximum Gasteiger partial charge on any atom is 0.234 e. The maximum atomic E-state index is 13.7. The first-order valence-electron chi connectivity index (χ1n) is 6.91. The Morgan fingerprint density at radius 3 is 2.95 bits per heavy atom. The molecule has 1 aliphatic rings. The van der Waals surface area contributed by atoms with Gasteiger partial charge >= 0.3 is 0 Å². The summed E-state index contributed by atoms with van der Waals surface area (Å²) in [7, 11) is 0. The lowest BCUT2D eigenvalue weighted by Gasteiger charge is -2.19. The van der Waals surface area contributed by atoms with Crippen LogP contribution in [0.25, 0.3) is 11.3 Å². The van der Waals surface area contributed by atoms with Gasteiger partial charge in [-0.05, 0) is 12.1 Å². The van der Waals surface area contributed by atoms with Crippen molar-refractivity contribution in [3.8, 4) is 11.3 Å². The number of halogens is 2. The Balaban J connectivity index is 1.77. The highest BCUT2D eigenvalue weighted by molar-refractivity contribution is 5.80. The van der Waals surface area contributed by atoms with Crippen LogP contribution in [0.5, 0.6) is 0 Å². The summed E-state index contributed by atoms with van der Waals surface area (Å²) in [6.07, 6.45) is 0.394. The topological polar surface area (TPSA) is 72.4 Å². The number of carbonyl (C=O) groups excluding carboxylic acids is 1. The molecule has 22 heavy (non-hydrogen) atoms. The lowest BCUT2D eigenvalue weighted by atomic mass is 10.2. The van der Waals surface area contributed by atoms with Crippen LogP contribution in [0, 0.1) is 5.82 Å². The molecule has 0 unspecified atom stereocenters. The molecule has 0 spiro atoms. The number of amides is 1. The number of hydrogen-bond donors (Lipinski definition) is 1. The number of carbonyl (C=O) groups is 1. The Morgan fingerprint density at radius 2 is 2.23 bits per heavy atom. The molecule has 2 heterocycles. The van der Waals surface area contributed by atoms with Gasteiger partial charge in [0.2, 0.25) is 11.8 Å². The number of oxazole rings is 1. The summed E-state index contributed by atoms with van der Waals surface area (Å²) in [6.45, 7) is 0.257. The molecular weight excluding hydrogens is 292 g/mol. The molecular formula is C15H15F2N3O2. The first-order chi connectivity index (χ1) is 10.5. The second-order valence-corrected chi connectivity index (χ2v) is 5.28. The minimum Gasteiger partial charge on any atom is -0.439 e. The van der Waals surface area contributed by atoms with E-state index in [1.54, 1.807) is 23.1 Å². The van der Waals surface area contributed by atoms with Crippen LogP contribution in [0.15, 0.2) is 34.9 Å². The normalized spacial score (nSPS) is 22.1. The highest BCUT2D eigenvalue weighted by Gasteiger charge is 2.36.